The van der Waals surface area contributed by atoms with Gasteiger partial charge in [0.1, 0.15) is 0 Å². The standard InChI is InChI=1S/C12H15N3O/c1-2-3-10-8-12(16)15(14-10)11-6-4-9(13)5-7-11/h4-7H,2-3,8,13H2,1H3. The summed E-state index contributed by atoms with van der Waals surface area (Å²) >= 11 is 0. The van der Waals surface area contributed by atoms with Gasteiger partial charge in [-0.3, -0.25) is 4.79 Å². The number of nitrogens with zero attached hydrogens (tertiary/aromatic N) is 2. The van der Waals surface area contributed by atoms with Crippen molar-refractivity contribution in [2.45, 2.75) is 26.2 Å². The van der Waals surface area contributed by atoms with E-state index >= 15 is 0 Å². The van der Waals surface area contributed by atoms with Crippen molar-refractivity contribution in [2.24, 2.45) is 5.10 Å². The van der Waals surface area contributed by atoms with Crippen LogP contribution in [0.15, 0.2) is 29.4 Å². The van der Waals surface area contributed by atoms with Crippen molar-refractivity contribution in [3.63, 3.8) is 0 Å². The molecule has 0 unspecified atom stereocenters. The number of hydrogen-bond donors (Lipinski definition) is 1. The van der Waals surface area contributed by atoms with Gasteiger partial charge >= 0.3 is 0 Å². The number of hydrogen-bond acceptors (Lipinski definition) is 3. The lowest BCUT2D eigenvalue weighted by atomic mass is 10.2. The number of benzene rings is 1. The number of amides is 1. The molecule has 1 amide bonds. The van der Waals surface area contributed by atoms with Crippen LogP contribution in [0.2, 0.25) is 0 Å². The molecule has 0 bridgehead atoms. The first kappa shape index (κ1) is 10.7. The molecule has 0 spiro atoms. The molecule has 1 aromatic carbocycles. The second kappa shape index (κ2) is 4.35. The highest BCUT2D eigenvalue weighted by Gasteiger charge is 2.24. The Morgan fingerprint density at radius 1 is 1.38 bits per heavy atom. The van der Waals surface area contributed by atoms with Gasteiger partial charge in [-0.05, 0) is 30.7 Å². The molecule has 1 heterocycles. The molecule has 0 fully saturated rings. The molecule has 2 N–H and O–H groups in total. The van der Waals surface area contributed by atoms with Gasteiger partial charge in [0.25, 0.3) is 5.91 Å². The molecule has 0 saturated carbocycles. The lowest BCUT2D eigenvalue weighted by molar-refractivity contribution is -0.116. The third-order valence-electron chi connectivity index (χ3n) is 2.51. The van der Waals surface area contributed by atoms with Crippen LogP contribution in [0.1, 0.15) is 26.2 Å². The Morgan fingerprint density at radius 2 is 2.06 bits per heavy atom. The maximum Gasteiger partial charge on any atom is 0.253 e. The molecule has 0 saturated heterocycles. The van der Waals surface area contributed by atoms with Crippen LogP contribution in [0.5, 0.6) is 0 Å². The molecule has 84 valence electrons. The molecule has 0 radical (unpaired) electrons. The van der Waals surface area contributed by atoms with E-state index in [9.17, 15) is 4.79 Å². The number of nitrogens with two attached hydrogens (primary N) is 1. The van der Waals surface area contributed by atoms with Crippen LogP contribution in [0.3, 0.4) is 0 Å². The van der Waals surface area contributed by atoms with E-state index in [1.54, 1.807) is 12.1 Å². The fourth-order valence-electron chi connectivity index (χ4n) is 1.73. The average molecular weight is 217 g/mol. The molecule has 16 heavy (non-hydrogen) atoms. The van der Waals surface area contributed by atoms with Gasteiger partial charge in [0.15, 0.2) is 0 Å². The Balaban J connectivity index is 2.21. The van der Waals surface area contributed by atoms with Crippen molar-refractivity contribution in [2.75, 3.05) is 10.7 Å². The van der Waals surface area contributed by atoms with Gasteiger partial charge in [0.2, 0.25) is 0 Å². The number of carbonyl (C=O) groups is 1. The van der Waals surface area contributed by atoms with Crippen LogP contribution in [0, 0.1) is 0 Å². The van der Waals surface area contributed by atoms with E-state index in [4.69, 9.17) is 5.73 Å². The summed E-state index contributed by atoms with van der Waals surface area (Å²) < 4.78 is 0. The lowest BCUT2D eigenvalue weighted by Gasteiger charge is -2.11. The second-order valence-electron chi connectivity index (χ2n) is 3.89. The number of carbonyl (C=O) groups excluding carboxylic acids is 1. The summed E-state index contributed by atoms with van der Waals surface area (Å²) in [5, 5.41) is 5.78. The fourth-order valence-corrected chi connectivity index (χ4v) is 1.73. The molecular weight excluding hydrogens is 202 g/mol. The van der Waals surface area contributed by atoms with Gasteiger partial charge in [0, 0.05) is 11.4 Å². The van der Waals surface area contributed by atoms with Crippen molar-refractivity contribution in [3.05, 3.63) is 24.3 Å². The Kier molecular flexibility index (Phi) is 2.90. The number of anilines is 2. The fraction of sp³-hybridized carbons (Fsp3) is 0.333. The zero-order chi connectivity index (χ0) is 11.5. The average Bonchev–Trinajstić information content (AvgIpc) is 2.61. The zero-order valence-electron chi connectivity index (χ0n) is 9.31. The third-order valence-corrected chi connectivity index (χ3v) is 2.51. The predicted octanol–water partition coefficient (Wildman–Crippen LogP) is 2.16. The summed E-state index contributed by atoms with van der Waals surface area (Å²) in [4.78, 5) is 11.7. The SMILES string of the molecule is CCCC1=NN(c2ccc(N)cc2)C(=O)C1. The van der Waals surface area contributed by atoms with E-state index < -0.39 is 0 Å². The molecule has 1 aromatic rings. The first-order valence-electron chi connectivity index (χ1n) is 5.45. The van der Waals surface area contributed by atoms with Gasteiger partial charge in [0.05, 0.1) is 12.1 Å². The predicted molar refractivity (Wildman–Crippen MR) is 65.3 cm³/mol. The summed E-state index contributed by atoms with van der Waals surface area (Å²) in [6.45, 7) is 2.08. The molecule has 4 heteroatoms. The maximum absolute atomic E-state index is 11.7. The minimum atomic E-state index is 0.0354. The van der Waals surface area contributed by atoms with E-state index in [2.05, 4.69) is 12.0 Å². The van der Waals surface area contributed by atoms with Crippen LogP contribution < -0.4 is 10.7 Å². The third kappa shape index (κ3) is 2.05. The lowest BCUT2D eigenvalue weighted by Crippen LogP contribution is -2.19. The van der Waals surface area contributed by atoms with Crippen LogP contribution in [-0.2, 0) is 4.79 Å². The van der Waals surface area contributed by atoms with Gasteiger partial charge in [-0.2, -0.15) is 5.10 Å². The van der Waals surface area contributed by atoms with E-state index in [0.717, 1.165) is 24.2 Å². The van der Waals surface area contributed by atoms with Crippen LogP contribution in [-0.4, -0.2) is 11.6 Å². The van der Waals surface area contributed by atoms with Crippen molar-refractivity contribution < 1.29 is 4.79 Å². The minimum Gasteiger partial charge on any atom is -0.399 e. The summed E-state index contributed by atoms with van der Waals surface area (Å²) in [7, 11) is 0. The van der Waals surface area contributed by atoms with Gasteiger partial charge in [-0.25, -0.2) is 5.01 Å². The number of hydrazone groups is 1. The second-order valence-corrected chi connectivity index (χ2v) is 3.89. The molecule has 0 aromatic heterocycles. The summed E-state index contributed by atoms with van der Waals surface area (Å²) in [6.07, 6.45) is 2.34. The minimum absolute atomic E-state index is 0.0354. The van der Waals surface area contributed by atoms with Crippen molar-refractivity contribution in [1.29, 1.82) is 0 Å². The van der Waals surface area contributed by atoms with Gasteiger partial charge in [-0.1, -0.05) is 13.3 Å². The molecule has 2 rings (SSSR count). The monoisotopic (exact) mass is 217 g/mol. The van der Waals surface area contributed by atoms with E-state index in [1.165, 1.54) is 5.01 Å². The first-order chi connectivity index (χ1) is 7.70. The largest absolute Gasteiger partial charge is 0.399 e. The van der Waals surface area contributed by atoms with Crippen LogP contribution in [0.4, 0.5) is 11.4 Å². The van der Waals surface area contributed by atoms with Crippen molar-refractivity contribution >= 4 is 23.0 Å². The molecule has 1 aliphatic heterocycles. The Bertz CT molecular complexity index is 422. The van der Waals surface area contributed by atoms with Crippen molar-refractivity contribution in [1.82, 2.24) is 0 Å². The van der Waals surface area contributed by atoms with Crippen molar-refractivity contribution in [3.8, 4) is 0 Å². The Labute approximate surface area is 94.7 Å². The summed E-state index contributed by atoms with van der Waals surface area (Å²) in [5.41, 5.74) is 8.03. The summed E-state index contributed by atoms with van der Waals surface area (Å²) in [5.74, 6) is 0.0354. The van der Waals surface area contributed by atoms with Gasteiger partial charge in [-0.15, -0.1) is 0 Å². The highest BCUT2D eigenvalue weighted by molar-refractivity contribution is 6.12. The molecule has 0 atom stereocenters. The molecule has 1 aliphatic rings. The quantitative estimate of drug-likeness (QED) is 0.789. The Hall–Kier alpha value is -1.84. The molecular formula is C12H15N3O. The Morgan fingerprint density at radius 3 is 2.69 bits per heavy atom. The van der Waals surface area contributed by atoms with E-state index in [-0.39, 0.29) is 5.91 Å². The molecule has 4 nitrogen and oxygen atoms in total. The highest BCUT2D eigenvalue weighted by atomic mass is 16.2. The smallest absolute Gasteiger partial charge is 0.253 e. The van der Waals surface area contributed by atoms with E-state index in [0.29, 0.717) is 12.1 Å². The first-order valence-corrected chi connectivity index (χ1v) is 5.45. The zero-order valence-corrected chi connectivity index (χ0v) is 9.31. The topological polar surface area (TPSA) is 58.7 Å². The highest BCUT2D eigenvalue weighted by Crippen LogP contribution is 2.22. The summed E-state index contributed by atoms with van der Waals surface area (Å²) in [6, 6.07) is 7.17. The number of rotatable bonds is 3. The van der Waals surface area contributed by atoms with Gasteiger partial charge < -0.3 is 5.73 Å². The van der Waals surface area contributed by atoms with E-state index in [1.807, 2.05) is 12.1 Å². The normalized spacial score (nSPS) is 15.4. The maximum atomic E-state index is 11.7. The number of nitrogen functional groups attached to an aromatic ring is 1. The van der Waals surface area contributed by atoms with Crippen LogP contribution >= 0.6 is 0 Å². The van der Waals surface area contributed by atoms with Crippen LogP contribution in [0.25, 0.3) is 0 Å². The molecule has 0 aliphatic carbocycles.